The first kappa shape index (κ1) is 16.1. The van der Waals surface area contributed by atoms with Crippen LogP contribution < -0.4 is 10.1 Å². The minimum absolute atomic E-state index is 0.211. The number of methoxy groups -OCH3 is 1. The van der Waals surface area contributed by atoms with E-state index in [4.69, 9.17) is 16.3 Å². The summed E-state index contributed by atoms with van der Waals surface area (Å²) in [5.74, 6) is -0.609. The molecule has 0 radical (unpaired) electrons. The minimum atomic E-state index is -0.670. The molecular formula is C18H15ClN2O3. The number of rotatable bonds is 5. The maximum absolute atomic E-state index is 12.4. The smallest absolute Gasteiger partial charge is 0.292 e. The van der Waals surface area contributed by atoms with Crippen molar-refractivity contribution >= 4 is 34.2 Å². The predicted octanol–water partition coefficient (Wildman–Crippen LogP) is 3.33. The van der Waals surface area contributed by atoms with Gasteiger partial charge in [-0.15, -0.1) is 0 Å². The quantitative estimate of drug-likeness (QED) is 0.552. The van der Waals surface area contributed by atoms with Crippen molar-refractivity contribution in [3.63, 3.8) is 0 Å². The van der Waals surface area contributed by atoms with Gasteiger partial charge in [0, 0.05) is 34.2 Å². The standard InChI is InChI=1S/C18H15ClN2O3/c1-24-16-5-3-2-4-11(16)9-21-18(23)17(22)14-10-20-15-8-12(19)6-7-13(14)15/h2-8,10,20H,9H2,1H3,(H,21,23). The number of amides is 1. The SMILES string of the molecule is COc1ccccc1CNC(=O)C(=O)c1c[nH]c2cc(Cl)ccc12. The zero-order valence-electron chi connectivity index (χ0n) is 12.9. The number of halogens is 1. The number of para-hydroxylation sites is 1. The Labute approximate surface area is 143 Å². The first-order chi connectivity index (χ1) is 11.6. The van der Waals surface area contributed by atoms with Crippen molar-refractivity contribution in [3.05, 3.63) is 64.8 Å². The molecule has 5 nitrogen and oxygen atoms in total. The van der Waals surface area contributed by atoms with Gasteiger partial charge in [0.1, 0.15) is 5.75 Å². The first-order valence-corrected chi connectivity index (χ1v) is 7.69. The molecule has 0 spiro atoms. The number of ketones is 1. The zero-order chi connectivity index (χ0) is 17.1. The van der Waals surface area contributed by atoms with E-state index in [0.29, 0.717) is 27.2 Å². The summed E-state index contributed by atoms with van der Waals surface area (Å²) in [4.78, 5) is 27.5. The molecule has 0 bridgehead atoms. The van der Waals surface area contributed by atoms with Crippen LogP contribution in [0.2, 0.25) is 5.02 Å². The summed E-state index contributed by atoms with van der Waals surface area (Å²) in [5.41, 5.74) is 1.83. The van der Waals surface area contributed by atoms with E-state index < -0.39 is 11.7 Å². The maximum atomic E-state index is 12.4. The summed E-state index contributed by atoms with van der Waals surface area (Å²) in [6.07, 6.45) is 1.52. The second kappa shape index (κ2) is 6.76. The predicted molar refractivity (Wildman–Crippen MR) is 92.5 cm³/mol. The van der Waals surface area contributed by atoms with E-state index in [9.17, 15) is 9.59 Å². The molecule has 2 N–H and O–H groups in total. The van der Waals surface area contributed by atoms with Gasteiger partial charge < -0.3 is 15.0 Å². The van der Waals surface area contributed by atoms with Crippen LogP contribution in [0.5, 0.6) is 5.75 Å². The number of hydrogen-bond donors (Lipinski definition) is 2. The van der Waals surface area contributed by atoms with Gasteiger partial charge in [-0.05, 0) is 18.2 Å². The number of H-pyrrole nitrogens is 1. The van der Waals surface area contributed by atoms with Crippen LogP contribution in [-0.2, 0) is 11.3 Å². The molecule has 0 saturated carbocycles. The van der Waals surface area contributed by atoms with Gasteiger partial charge in [-0.3, -0.25) is 9.59 Å². The van der Waals surface area contributed by atoms with Crippen LogP contribution in [0.1, 0.15) is 15.9 Å². The van der Waals surface area contributed by atoms with Crippen LogP contribution in [0.15, 0.2) is 48.7 Å². The van der Waals surface area contributed by atoms with Gasteiger partial charge in [0.05, 0.1) is 12.7 Å². The van der Waals surface area contributed by atoms with E-state index in [1.54, 1.807) is 31.4 Å². The third-order valence-corrected chi connectivity index (χ3v) is 3.96. The molecule has 1 heterocycles. The van der Waals surface area contributed by atoms with Gasteiger partial charge in [0.2, 0.25) is 0 Å². The number of carbonyl (C=O) groups excluding carboxylic acids is 2. The Morgan fingerprint density at radius 3 is 2.79 bits per heavy atom. The highest BCUT2D eigenvalue weighted by molar-refractivity contribution is 6.45. The number of carbonyl (C=O) groups is 2. The van der Waals surface area contributed by atoms with E-state index in [2.05, 4.69) is 10.3 Å². The molecule has 0 saturated heterocycles. The lowest BCUT2D eigenvalue weighted by molar-refractivity contribution is -0.117. The van der Waals surface area contributed by atoms with E-state index in [1.807, 2.05) is 18.2 Å². The van der Waals surface area contributed by atoms with Crippen molar-refractivity contribution in [2.45, 2.75) is 6.54 Å². The van der Waals surface area contributed by atoms with E-state index in [1.165, 1.54) is 6.20 Å². The monoisotopic (exact) mass is 342 g/mol. The van der Waals surface area contributed by atoms with Crippen molar-refractivity contribution in [2.75, 3.05) is 7.11 Å². The molecule has 1 aromatic heterocycles. The van der Waals surface area contributed by atoms with Crippen LogP contribution in [0.3, 0.4) is 0 Å². The van der Waals surface area contributed by atoms with Crippen LogP contribution in [0.25, 0.3) is 10.9 Å². The molecule has 6 heteroatoms. The van der Waals surface area contributed by atoms with Gasteiger partial charge in [-0.1, -0.05) is 35.9 Å². The largest absolute Gasteiger partial charge is 0.496 e. The highest BCUT2D eigenvalue weighted by Crippen LogP contribution is 2.22. The Balaban J connectivity index is 1.76. The van der Waals surface area contributed by atoms with Crippen molar-refractivity contribution in [2.24, 2.45) is 0 Å². The summed E-state index contributed by atoms with van der Waals surface area (Å²) in [6.45, 7) is 0.211. The number of hydrogen-bond acceptors (Lipinski definition) is 3. The molecule has 0 atom stereocenters. The Hall–Kier alpha value is -2.79. The van der Waals surface area contributed by atoms with Crippen LogP contribution in [0, 0.1) is 0 Å². The lowest BCUT2D eigenvalue weighted by Crippen LogP contribution is -2.30. The minimum Gasteiger partial charge on any atom is -0.496 e. The Morgan fingerprint density at radius 1 is 1.21 bits per heavy atom. The fraction of sp³-hybridized carbons (Fsp3) is 0.111. The number of aromatic nitrogens is 1. The van der Waals surface area contributed by atoms with Gasteiger partial charge in [0.15, 0.2) is 0 Å². The maximum Gasteiger partial charge on any atom is 0.292 e. The number of fused-ring (bicyclic) bond motifs is 1. The molecular weight excluding hydrogens is 328 g/mol. The fourth-order valence-electron chi connectivity index (χ4n) is 2.51. The average Bonchev–Trinajstić information content (AvgIpc) is 3.02. The summed E-state index contributed by atoms with van der Waals surface area (Å²) < 4.78 is 5.23. The molecule has 2 aromatic carbocycles. The summed E-state index contributed by atoms with van der Waals surface area (Å²) in [7, 11) is 1.56. The number of aromatic amines is 1. The number of nitrogens with one attached hydrogen (secondary N) is 2. The third-order valence-electron chi connectivity index (χ3n) is 3.73. The summed E-state index contributed by atoms with van der Waals surface area (Å²) >= 11 is 5.92. The molecule has 122 valence electrons. The van der Waals surface area contributed by atoms with Gasteiger partial charge in [-0.2, -0.15) is 0 Å². The second-order valence-corrected chi connectivity index (χ2v) is 5.65. The van der Waals surface area contributed by atoms with Crippen molar-refractivity contribution in [3.8, 4) is 5.75 Å². The average molecular weight is 343 g/mol. The molecule has 0 aliphatic rings. The molecule has 3 aromatic rings. The molecule has 0 unspecified atom stereocenters. The molecule has 3 rings (SSSR count). The van der Waals surface area contributed by atoms with Gasteiger partial charge >= 0.3 is 0 Å². The highest BCUT2D eigenvalue weighted by Gasteiger charge is 2.20. The lowest BCUT2D eigenvalue weighted by Gasteiger charge is -2.08. The number of benzene rings is 2. The van der Waals surface area contributed by atoms with E-state index >= 15 is 0 Å². The van der Waals surface area contributed by atoms with Crippen molar-refractivity contribution in [1.82, 2.24) is 10.3 Å². The van der Waals surface area contributed by atoms with Crippen molar-refractivity contribution in [1.29, 1.82) is 0 Å². The van der Waals surface area contributed by atoms with Crippen LogP contribution in [-0.4, -0.2) is 23.8 Å². The van der Waals surface area contributed by atoms with Crippen LogP contribution >= 0.6 is 11.6 Å². The Kier molecular flexibility index (Phi) is 4.53. The van der Waals surface area contributed by atoms with Gasteiger partial charge in [-0.25, -0.2) is 0 Å². The van der Waals surface area contributed by atoms with Crippen LogP contribution in [0.4, 0.5) is 0 Å². The van der Waals surface area contributed by atoms with Gasteiger partial charge in [0.25, 0.3) is 11.7 Å². The normalized spacial score (nSPS) is 10.6. The Morgan fingerprint density at radius 2 is 2.00 bits per heavy atom. The van der Waals surface area contributed by atoms with E-state index in [0.717, 1.165) is 5.56 Å². The molecule has 0 aliphatic carbocycles. The molecule has 0 fully saturated rings. The lowest BCUT2D eigenvalue weighted by atomic mass is 10.1. The second-order valence-electron chi connectivity index (χ2n) is 5.22. The summed E-state index contributed by atoms with van der Waals surface area (Å²) in [6, 6.07) is 12.4. The van der Waals surface area contributed by atoms with Crippen molar-refractivity contribution < 1.29 is 14.3 Å². The first-order valence-electron chi connectivity index (χ1n) is 7.31. The molecule has 0 aliphatic heterocycles. The Bertz CT molecular complexity index is 918. The third kappa shape index (κ3) is 3.12. The molecule has 24 heavy (non-hydrogen) atoms. The van der Waals surface area contributed by atoms with E-state index in [-0.39, 0.29) is 6.54 Å². The topological polar surface area (TPSA) is 71.2 Å². The molecule has 1 amide bonds. The number of ether oxygens (including phenoxy) is 1. The number of Topliss-reactive ketones (excluding diaryl/α,β-unsaturated/α-hetero) is 1. The summed E-state index contributed by atoms with van der Waals surface area (Å²) in [5, 5.41) is 3.85. The highest BCUT2D eigenvalue weighted by atomic mass is 35.5. The zero-order valence-corrected chi connectivity index (χ0v) is 13.7. The fourth-order valence-corrected chi connectivity index (χ4v) is 2.69.